The molecule has 0 aliphatic heterocycles. The number of carbonyl (C=O) groups is 1. The number of nitrogen functional groups attached to an aromatic ring is 1. The molecule has 1 unspecified atom stereocenters. The second-order valence-corrected chi connectivity index (χ2v) is 4.59. The maximum atomic E-state index is 11.8. The summed E-state index contributed by atoms with van der Waals surface area (Å²) >= 11 is 1.20. The summed E-state index contributed by atoms with van der Waals surface area (Å²) in [5.41, 5.74) is 5.44. The summed E-state index contributed by atoms with van der Waals surface area (Å²) in [4.78, 5) is 15.7. The number of nitrogens with one attached hydrogen (secondary N) is 1. The first kappa shape index (κ1) is 12.2. The number of hydrogen-bond donors (Lipinski definition) is 3. The molecule has 0 aromatic carbocycles. The van der Waals surface area contributed by atoms with Gasteiger partial charge in [-0.3, -0.25) is 4.79 Å². The van der Waals surface area contributed by atoms with E-state index >= 15 is 0 Å². The minimum absolute atomic E-state index is 0.0261. The first-order valence-corrected chi connectivity index (χ1v) is 5.93. The van der Waals surface area contributed by atoms with Gasteiger partial charge in [-0.1, -0.05) is 11.3 Å². The Hall–Kier alpha value is -2.22. The lowest BCUT2D eigenvalue weighted by Gasteiger charge is -2.10. The summed E-state index contributed by atoms with van der Waals surface area (Å²) in [7, 11) is 0. The van der Waals surface area contributed by atoms with E-state index in [2.05, 4.69) is 20.5 Å². The van der Waals surface area contributed by atoms with Gasteiger partial charge in [0.15, 0.2) is 5.69 Å². The Morgan fingerprint density at radius 3 is 2.94 bits per heavy atom. The molecule has 0 spiro atoms. The van der Waals surface area contributed by atoms with Crippen LogP contribution in [0.3, 0.4) is 0 Å². The fourth-order valence-corrected chi connectivity index (χ4v) is 1.93. The van der Waals surface area contributed by atoms with Crippen molar-refractivity contribution in [1.29, 1.82) is 0 Å². The average Bonchev–Trinajstić information content (AvgIpc) is 2.76. The van der Waals surface area contributed by atoms with Crippen LogP contribution in [0.2, 0.25) is 0 Å². The minimum Gasteiger partial charge on any atom is -0.505 e. The zero-order chi connectivity index (χ0) is 13.1. The Kier molecular flexibility index (Phi) is 3.38. The predicted octanol–water partition coefficient (Wildman–Crippen LogP) is 0.712. The third-order valence-corrected chi connectivity index (χ3v) is 3.11. The van der Waals surface area contributed by atoms with Crippen LogP contribution in [0, 0.1) is 0 Å². The smallest absolute Gasteiger partial charge is 0.274 e. The van der Waals surface area contributed by atoms with Crippen molar-refractivity contribution in [2.75, 3.05) is 5.73 Å². The van der Waals surface area contributed by atoms with Gasteiger partial charge in [-0.15, -0.1) is 10.2 Å². The second-order valence-electron chi connectivity index (χ2n) is 3.54. The Morgan fingerprint density at radius 1 is 1.56 bits per heavy atom. The van der Waals surface area contributed by atoms with E-state index in [9.17, 15) is 9.90 Å². The number of nitrogens with zero attached hydrogens (tertiary/aromatic N) is 3. The molecule has 0 bridgehead atoms. The summed E-state index contributed by atoms with van der Waals surface area (Å²) in [6.45, 7) is 1.75. The van der Waals surface area contributed by atoms with Crippen LogP contribution in [0.15, 0.2) is 18.3 Å². The number of hydrogen-bond acceptors (Lipinski definition) is 7. The van der Waals surface area contributed by atoms with Crippen molar-refractivity contribution in [2.24, 2.45) is 0 Å². The lowest BCUT2D eigenvalue weighted by atomic mass is 10.3. The van der Waals surface area contributed by atoms with E-state index in [0.29, 0.717) is 10.1 Å². The summed E-state index contributed by atoms with van der Waals surface area (Å²) in [6, 6.07) is 2.59. The fourth-order valence-electron chi connectivity index (χ4n) is 1.32. The molecule has 7 nitrogen and oxygen atoms in total. The SMILES string of the molecule is CC(NC(=O)c1ncccc1O)c1nnc(N)s1. The molecule has 94 valence electrons. The van der Waals surface area contributed by atoms with Crippen molar-refractivity contribution in [3.63, 3.8) is 0 Å². The molecule has 8 heteroatoms. The normalized spacial score (nSPS) is 12.1. The van der Waals surface area contributed by atoms with E-state index in [1.807, 2.05) is 0 Å². The molecule has 0 saturated heterocycles. The molecule has 2 aromatic rings. The van der Waals surface area contributed by atoms with E-state index in [4.69, 9.17) is 5.73 Å². The van der Waals surface area contributed by atoms with Crippen LogP contribution in [0.1, 0.15) is 28.5 Å². The molecule has 2 aromatic heterocycles. The van der Waals surface area contributed by atoms with Gasteiger partial charge in [0, 0.05) is 6.20 Å². The lowest BCUT2D eigenvalue weighted by Crippen LogP contribution is -2.27. The summed E-state index contributed by atoms with van der Waals surface area (Å²) < 4.78 is 0. The third-order valence-electron chi connectivity index (χ3n) is 2.18. The van der Waals surface area contributed by atoms with Crippen molar-refractivity contribution < 1.29 is 9.90 Å². The first-order valence-electron chi connectivity index (χ1n) is 5.11. The van der Waals surface area contributed by atoms with Gasteiger partial charge < -0.3 is 16.2 Å². The average molecular weight is 265 g/mol. The van der Waals surface area contributed by atoms with Gasteiger partial charge in [-0.25, -0.2) is 4.98 Å². The summed E-state index contributed by atoms with van der Waals surface area (Å²) in [6.07, 6.45) is 1.43. The number of carbonyl (C=O) groups excluding carboxylic acids is 1. The largest absolute Gasteiger partial charge is 0.505 e. The third kappa shape index (κ3) is 2.54. The fraction of sp³-hybridized carbons (Fsp3) is 0.200. The van der Waals surface area contributed by atoms with E-state index in [1.165, 1.54) is 23.6 Å². The number of amides is 1. The van der Waals surface area contributed by atoms with Crippen molar-refractivity contribution in [2.45, 2.75) is 13.0 Å². The van der Waals surface area contributed by atoms with E-state index in [1.54, 1.807) is 13.0 Å². The molecule has 0 saturated carbocycles. The van der Waals surface area contributed by atoms with Crippen LogP contribution >= 0.6 is 11.3 Å². The lowest BCUT2D eigenvalue weighted by molar-refractivity contribution is 0.0931. The quantitative estimate of drug-likeness (QED) is 0.753. The molecule has 2 rings (SSSR count). The monoisotopic (exact) mass is 265 g/mol. The topological polar surface area (TPSA) is 114 Å². The highest BCUT2D eigenvalue weighted by Crippen LogP contribution is 2.20. The molecular formula is C10H11N5O2S. The molecule has 4 N–H and O–H groups in total. The van der Waals surface area contributed by atoms with Gasteiger partial charge in [0.25, 0.3) is 5.91 Å². The van der Waals surface area contributed by atoms with E-state index in [0.717, 1.165) is 0 Å². The number of aromatic hydroxyl groups is 1. The standard InChI is InChI=1S/C10H11N5O2S/c1-5(9-14-15-10(11)18-9)13-8(17)7-6(16)3-2-4-12-7/h2-5,16H,1H3,(H2,11,15)(H,13,17). The van der Waals surface area contributed by atoms with Gasteiger partial charge in [0.2, 0.25) is 5.13 Å². The van der Waals surface area contributed by atoms with Crippen LogP contribution in [0.25, 0.3) is 0 Å². The van der Waals surface area contributed by atoms with Gasteiger partial charge in [0.05, 0.1) is 6.04 Å². The summed E-state index contributed by atoms with van der Waals surface area (Å²) in [5.74, 6) is -0.645. The molecule has 2 heterocycles. The summed E-state index contributed by atoms with van der Waals surface area (Å²) in [5, 5.41) is 20.6. The van der Waals surface area contributed by atoms with Crippen molar-refractivity contribution in [3.05, 3.63) is 29.0 Å². The first-order chi connectivity index (χ1) is 8.58. The second kappa shape index (κ2) is 4.96. The van der Waals surface area contributed by atoms with Crippen molar-refractivity contribution >= 4 is 22.4 Å². The Morgan fingerprint density at radius 2 is 2.33 bits per heavy atom. The van der Waals surface area contributed by atoms with Crippen LogP contribution in [0.5, 0.6) is 5.75 Å². The van der Waals surface area contributed by atoms with E-state index in [-0.39, 0.29) is 17.5 Å². The Bertz CT molecular complexity index is 571. The number of pyridine rings is 1. The molecule has 0 fully saturated rings. The molecular weight excluding hydrogens is 254 g/mol. The molecule has 0 aliphatic carbocycles. The maximum Gasteiger partial charge on any atom is 0.274 e. The highest BCUT2D eigenvalue weighted by atomic mass is 32.1. The minimum atomic E-state index is -0.477. The van der Waals surface area contributed by atoms with Crippen molar-refractivity contribution in [3.8, 4) is 5.75 Å². The van der Waals surface area contributed by atoms with E-state index < -0.39 is 5.91 Å². The number of nitrogens with two attached hydrogens (primary N) is 1. The zero-order valence-corrected chi connectivity index (χ0v) is 10.3. The Balaban J connectivity index is 2.10. The van der Waals surface area contributed by atoms with Gasteiger partial charge in [-0.2, -0.15) is 0 Å². The van der Waals surface area contributed by atoms with Crippen LogP contribution in [0.4, 0.5) is 5.13 Å². The molecule has 0 aliphatic rings. The zero-order valence-electron chi connectivity index (χ0n) is 9.49. The predicted molar refractivity (Wildman–Crippen MR) is 66.1 cm³/mol. The molecule has 0 radical (unpaired) electrons. The van der Waals surface area contributed by atoms with Crippen LogP contribution in [-0.4, -0.2) is 26.2 Å². The van der Waals surface area contributed by atoms with Crippen LogP contribution < -0.4 is 11.1 Å². The Labute approximate surface area is 107 Å². The molecule has 1 amide bonds. The van der Waals surface area contributed by atoms with Crippen LogP contribution in [-0.2, 0) is 0 Å². The van der Waals surface area contributed by atoms with Gasteiger partial charge in [0.1, 0.15) is 10.8 Å². The highest BCUT2D eigenvalue weighted by molar-refractivity contribution is 7.15. The number of aromatic nitrogens is 3. The van der Waals surface area contributed by atoms with Gasteiger partial charge in [-0.05, 0) is 19.1 Å². The van der Waals surface area contributed by atoms with Gasteiger partial charge >= 0.3 is 0 Å². The maximum absolute atomic E-state index is 11.8. The number of rotatable bonds is 3. The molecule has 18 heavy (non-hydrogen) atoms. The molecule has 1 atom stereocenters. The number of anilines is 1. The van der Waals surface area contributed by atoms with Crippen molar-refractivity contribution in [1.82, 2.24) is 20.5 Å². The highest BCUT2D eigenvalue weighted by Gasteiger charge is 2.18.